The van der Waals surface area contributed by atoms with E-state index >= 15 is 0 Å². The van der Waals surface area contributed by atoms with E-state index in [0.29, 0.717) is 5.56 Å². The van der Waals surface area contributed by atoms with Crippen molar-refractivity contribution in [3.05, 3.63) is 17.8 Å². The summed E-state index contributed by atoms with van der Waals surface area (Å²) in [5.74, 6) is 0.269. The molecule has 1 aromatic rings. The lowest BCUT2D eigenvalue weighted by Crippen LogP contribution is -1.92. The number of hydrogen-bond acceptors (Lipinski definition) is 4. The summed E-state index contributed by atoms with van der Waals surface area (Å²) in [6, 6.07) is 3.47. The van der Waals surface area contributed by atoms with Crippen molar-refractivity contribution >= 4 is 0 Å². The fourth-order valence-electron chi connectivity index (χ4n) is 0.555. The van der Waals surface area contributed by atoms with Gasteiger partial charge in [-0.15, -0.1) is 5.10 Å². The van der Waals surface area contributed by atoms with Crippen LogP contribution in [-0.4, -0.2) is 17.3 Å². The maximum Gasteiger partial charge on any atom is 0.251 e. The van der Waals surface area contributed by atoms with Crippen LogP contribution >= 0.6 is 0 Å². The van der Waals surface area contributed by atoms with Crippen molar-refractivity contribution < 1.29 is 4.74 Å². The fourth-order valence-corrected chi connectivity index (χ4v) is 0.555. The monoisotopic (exact) mass is 135 g/mol. The van der Waals surface area contributed by atoms with Crippen LogP contribution in [0.5, 0.6) is 5.88 Å². The van der Waals surface area contributed by atoms with Crippen molar-refractivity contribution in [2.45, 2.75) is 0 Å². The Bertz CT molecular complexity index is 266. The molecule has 1 heterocycles. The molecular weight excluding hydrogens is 130 g/mol. The molecule has 1 rings (SSSR count). The van der Waals surface area contributed by atoms with Crippen LogP contribution in [-0.2, 0) is 0 Å². The van der Waals surface area contributed by atoms with Crippen molar-refractivity contribution in [2.24, 2.45) is 0 Å². The van der Waals surface area contributed by atoms with Crippen molar-refractivity contribution in [2.75, 3.05) is 7.11 Å². The molecule has 4 heteroatoms. The molecule has 0 aliphatic heterocycles. The first kappa shape index (κ1) is 6.49. The number of nitrogens with zero attached hydrogens (tertiary/aromatic N) is 3. The Hall–Kier alpha value is -1.63. The van der Waals surface area contributed by atoms with E-state index in [1.54, 1.807) is 6.07 Å². The van der Waals surface area contributed by atoms with Crippen LogP contribution in [0.2, 0.25) is 0 Å². The standard InChI is InChI=1S/C6H5N3O/c1-10-6-5(4-7)2-3-8-9-6/h2-3H,1H3. The van der Waals surface area contributed by atoms with Gasteiger partial charge in [0.15, 0.2) is 0 Å². The maximum absolute atomic E-state index is 8.45. The number of ether oxygens (including phenoxy) is 1. The predicted molar refractivity (Wildman–Crippen MR) is 33.3 cm³/mol. The summed E-state index contributed by atoms with van der Waals surface area (Å²) in [7, 11) is 1.45. The number of hydrogen-bond donors (Lipinski definition) is 0. The van der Waals surface area contributed by atoms with Gasteiger partial charge in [-0.05, 0) is 6.07 Å². The minimum atomic E-state index is 0.269. The molecule has 0 saturated carbocycles. The zero-order valence-electron chi connectivity index (χ0n) is 5.40. The molecule has 0 aromatic carbocycles. The molecule has 0 bridgehead atoms. The molecule has 0 N–H and O–H groups in total. The second-order valence-corrected chi connectivity index (χ2v) is 1.57. The summed E-state index contributed by atoms with van der Waals surface area (Å²) < 4.78 is 4.74. The predicted octanol–water partition coefficient (Wildman–Crippen LogP) is 0.357. The van der Waals surface area contributed by atoms with E-state index in [2.05, 4.69) is 10.2 Å². The Balaban J connectivity index is 3.12. The Kier molecular flexibility index (Phi) is 1.80. The smallest absolute Gasteiger partial charge is 0.251 e. The third-order valence-electron chi connectivity index (χ3n) is 1.00. The SMILES string of the molecule is COc1nnccc1C#N. The lowest BCUT2D eigenvalue weighted by molar-refractivity contribution is 0.390. The highest BCUT2D eigenvalue weighted by atomic mass is 16.5. The number of nitriles is 1. The van der Waals surface area contributed by atoms with Gasteiger partial charge in [-0.25, -0.2) is 0 Å². The van der Waals surface area contributed by atoms with E-state index < -0.39 is 0 Å². The molecule has 50 valence electrons. The molecule has 0 aliphatic rings. The first-order valence-electron chi connectivity index (χ1n) is 2.64. The van der Waals surface area contributed by atoms with E-state index in [0.717, 1.165) is 0 Å². The third-order valence-corrected chi connectivity index (χ3v) is 1.00. The highest BCUT2D eigenvalue weighted by Gasteiger charge is 1.99. The van der Waals surface area contributed by atoms with Crippen molar-refractivity contribution in [1.29, 1.82) is 5.26 Å². The zero-order valence-corrected chi connectivity index (χ0v) is 5.40. The first-order valence-corrected chi connectivity index (χ1v) is 2.64. The molecule has 0 fully saturated rings. The highest BCUT2D eigenvalue weighted by molar-refractivity contribution is 5.35. The van der Waals surface area contributed by atoms with E-state index in [4.69, 9.17) is 10.00 Å². The van der Waals surface area contributed by atoms with Gasteiger partial charge in [0.25, 0.3) is 5.88 Å². The molecule has 0 aliphatic carbocycles. The summed E-state index contributed by atoms with van der Waals surface area (Å²) in [6.07, 6.45) is 1.45. The number of rotatable bonds is 1. The lowest BCUT2D eigenvalue weighted by atomic mass is 10.3. The van der Waals surface area contributed by atoms with Gasteiger partial charge in [-0.2, -0.15) is 10.4 Å². The van der Waals surface area contributed by atoms with Crippen LogP contribution in [0.15, 0.2) is 12.3 Å². The molecular formula is C6H5N3O. The Labute approximate surface area is 58.1 Å². The van der Waals surface area contributed by atoms with Gasteiger partial charge in [-0.1, -0.05) is 0 Å². The van der Waals surface area contributed by atoms with E-state index in [9.17, 15) is 0 Å². The van der Waals surface area contributed by atoms with Gasteiger partial charge in [0.05, 0.1) is 13.3 Å². The van der Waals surface area contributed by atoms with Crippen molar-refractivity contribution in [3.63, 3.8) is 0 Å². The molecule has 0 spiro atoms. The molecule has 10 heavy (non-hydrogen) atoms. The summed E-state index contributed by atoms with van der Waals surface area (Å²) >= 11 is 0. The van der Waals surface area contributed by atoms with Crippen LogP contribution < -0.4 is 4.74 Å². The largest absolute Gasteiger partial charge is 0.479 e. The number of aromatic nitrogens is 2. The van der Waals surface area contributed by atoms with Gasteiger partial charge in [0.1, 0.15) is 11.6 Å². The normalized spacial score (nSPS) is 8.40. The van der Waals surface area contributed by atoms with Gasteiger partial charge in [-0.3, -0.25) is 0 Å². The average molecular weight is 135 g/mol. The van der Waals surface area contributed by atoms with Crippen molar-refractivity contribution in [1.82, 2.24) is 10.2 Å². The lowest BCUT2D eigenvalue weighted by Gasteiger charge is -1.95. The van der Waals surface area contributed by atoms with Crippen molar-refractivity contribution in [3.8, 4) is 11.9 Å². The third kappa shape index (κ3) is 1.03. The number of methoxy groups -OCH3 is 1. The Morgan fingerprint density at radius 3 is 3.00 bits per heavy atom. The van der Waals surface area contributed by atoms with Gasteiger partial charge in [0, 0.05) is 0 Å². The van der Waals surface area contributed by atoms with Crippen LogP contribution in [0.3, 0.4) is 0 Å². The Morgan fingerprint density at radius 1 is 1.70 bits per heavy atom. The van der Waals surface area contributed by atoms with E-state index in [-0.39, 0.29) is 5.88 Å². The van der Waals surface area contributed by atoms with Gasteiger partial charge >= 0.3 is 0 Å². The molecule has 4 nitrogen and oxygen atoms in total. The summed E-state index contributed by atoms with van der Waals surface area (Å²) in [6.45, 7) is 0. The average Bonchev–Trinajstić information content (AvgIpc) is 2.04. The molecule has 0 radical (unpaired) electrons. The van der Waals surface area contributed by atoms with E-state index in [1.807, 2.05) is 6.07 Å². The molecule has 1 aromatic heterocycles. The van der Waals surface area contributed by atoms with Crippen LogP contribution in [0.25, 0.3) is 0 Å². The summed E-state index contributed by atoms with van der Waals surface area (Å²) in [4.78, 5) is 0. The Morgan fingerprint density at radius 2 is 2.50 bits per heavy atom. The van der Waals surface area contributed by atoms with E-state index in [1.165, 1.54) is 13.3 Å². The molecule has 0 saturated heterocycles. The molecule has 0 unspecified atom stereocenters. The first-order chi connectivity index (χ1) is 4.88. The van der Waals surface area contributed by atoms with Crippen LogP contribution in [0, 0.1) is 11.3 Å². The minimum absolute atomic E-state index is 0.269. The second-order valence-electron chi connectivity index (χ2n) is 1.57. The maximum atomic E-state index is 8.45. The van der Waals surface area contributed by atoms with Gasteiger partial charge < -0.3 is 4.74 Å². The zero-order chi connectivity index (χ0) is 7.40. The topological polar surface area (TPSA) is 58.8 Å². The summed E-state index contributed by atoms with van der Waals surface area (Å²) in [5, 5.41) is 15.6. The summed E-state index contributed by atoms with van der Waals surface area (Å²) in [5.41, 5.74) is 0.400. The fraction of sp³-hybridized carbons (Fsp3) is 0.167. The molecule has 0 atom stereocenters. The van der Waals surface area contributed by atoms with Gasteiger partial charge in [0.2, 0.25) is 0 Å². The second kappa shape index (κ2) is 2.78. The quantitative estimate of drug-likeness (QED) is 0.557. The minimum Gasteiger partial charge on any atom is -0.479 e. The van der Waals surface area contributed by atoms with Crippen LogP contribution in [0.4, 0.5) is 0 Å². The highest BCUT2D eigenvalue weighted by Crippen LogP contribution is 2.08. The van der Waals surface area contributed by atoms with Crippen LogP contribution in [0.1, 0.15) is 5.56 Å². The molecule has 0 amide bonds.